The number of nitrogens with zero attached hydrogens (tertiary/aromatic N) is 1. The zero-order valence-electron chi connectivity index (χ0n) is 24.8. The van der Waals surface area contributed by atoms with Gasteiger partial charge in [0.25, 0.3) is 0 Å². The van der Waals surface area contributed by atoms with Crippen molar-refractivity contribution in [3.8, 4) is 0 Å². The molecular formula is C29H45N7O6S. The minimum absolute atomic E-state index is 0.0840. The largest absolute Gasteiger partial charge is 0.344 e. The summed E-state index contributed by atoms with van der Waals surface area (Å²) in [4.78, 5) is 77.8. The number of nitrogens with one attached hydrogen (secondary N) is 4. The number of thiol groups is 1. The SMILES string of the molecule is C[C@H](N)C(=O)N1CCC[C@H]1C(=O)N[C@@H](C)C(=O)N[C@@H](CCCCN)C(=O)N[C@@H](Cc1ccccc1)C(=O)N[C@H](C=O)CS. The Bertz CT molecular complexity index is 1110. The molecule has 1 fully saturated rings. The second kappa shape index (κ2) is 18.2. The molecule has 1 aliphatic heterocycles. The lowest BCUT2D eigenvalue weighted by Gasteiger charge is -2.27. The molecule has 43 heavy (non-hydrogen) atoms. The zero-order valence-corrected chi connectivity index (χ0v) is 25.7. The molecular weight excluding hydrogens is 574 g/mol. The van der Waals surface area contributed by atoms with Crippen molar-refractivity contribution in [1.29, 1.82) is 0 Å². The van der Waals surface area contributed by atoms with Crippen LogP contribution in [-0.4, -0.2) is 95.8 Å². The van der Waals surface area contributed by atoms with Crippen molar-refractivity contribution < 1.29 is 28.8 Å². The Morgan fingerprint density at radius 2 is 1.63 bits per heavy atom. The molecule has 6 atom stereocenters. The highest BCUT2D eigenvalue weighted by molar-refractivity contribution is 7.80. The minimum Gasteiger partial charge on any atom is -0.344 e. The molecule has 1 aliphatic rings. The van der Waals surface area contributed by atoms with Crippen LogP contribution in [-0.2, 0) is 35.2 Å². The molecule has 0 radical (unpaired) electrons. The van der Waals surface area contributed by atoms with Gasteiger partial charge < -0.3 is 42.4 Å². The molecule has 13 nitrogen and oxygen atoms in total. The van der Waals surface area contributed by atoms with Gasteiger partial charge in [0.1, 0.15) is 30.5 Å². The Hall–Kier alpha value is -3.49. The van der Waals surface area contributed by atoms with Gasteiger partial charge >= 0.3 is 0 Å². The van der Waals surface area contributed by atoms with E-state index in [0.717, 1.165) is 5.56 Å². The number of hydrogen-bond donors (Lipinski definition) is 7. The fourth-order valence-electron chi connectivity index (χ4n) is 4.74. The number of nitrogens with two attached hydrogens (primary N) is 2. The van der Waals surface area contributed by atoms with E-state index in [1.54, 1.807) is 31.2 Å². The van der Waals surface area contributed by atoms with Crippen molar-refractivity contribution in [3.05, 3.63) is 35.9 Å². The van der Waals surface area contributed by atoms with Gasteiger partial charge in [0.2, 0.25) is 29.5 Å². The highest BCUT2D eigenvalue weighted by Crippen LogP contribution is 2.18. The third-order valence-corrected chi connectivity index (χ3v) is 7.56. The van der Waals surface area contributed by atoms with Crippen LogP contribution in [0.5, 0.6) is 0 Å². The van der Waals surface area contributed by atoms with Crippen molar-refractivity contribution in [3.63, 3.8) is 0 Å². The first-order valence-corrected chi connectivity index (χ1v) is 15.2. The van der Waals surface area contributed by atoms with Crippen LogP contribution in [0, 0.1) is 0 Å². The van der Waals surface area contributed by atoms with Gasteiger partial charge in [0.15, 0.2) is 0 Å². The van der Waals surface area contributed by atoms with Gasteiger partial charge in [-0.1, -0.05) is 30.3 Å². The van der Waals surface area contributed by atoms with Crippen LogP contribution in [0.2, 0.25) is 0 Å². The molecule has 0 spiro atoms. The molecule has 2 rings (SSSR count). The maximum Gasteiger partial charge on any atom is 0.243 e. The summed E-state index contributed by atoms with van der Waals surface area (Å²) in [5.74, 6) is -2.51. The number of carbonyl (C=O) groups excluding carboxylic acids is 6. The maximum absolute atomic E-state index is 13.5. The average molecular weight is 620 g/mol. The number of carbonyl (C=O) groups is 6. The van der Waals surface area contributed by atoms with Crippen LogP contribution in [0.15, 0.2) is 30.3 Å². The fraction of sp³-hybridized carbons (Fsp3) is 0.586. The van der Waals surface area contributed by atoms with Crippen molar-refractivity contribution in [2.45, 2.75) is 88.6 Å². The zero-order chi connectivity index (χ0) is 31.9. The first-order chi connectivity index (χ1) is 20.5. The van der Waals surface area contributed by atoms with E-state index in [1.807, 2.05) is 6.07 Å². The predicted octanol–water partition coefficient (Wildman–Crippen LogP) is -1.22. The van der Waals surface area contributed by atoms with E-state index in [4.69, 9.17) is 11.5 Å². The molecule has 0 bridgehead atoms. The smallest absolute Gasteiger partial charge is 0.243 e. The number of hydrogen-bond acceptors (Lipinski definition) is 9. The average Bonchev–Trinajstić information content (AvgIpc) is 3.49. The molecule has 8 N–H and O–H groups in total. The molecule has 0 aromatic heterocycles. The number of aldehydes is 1. The van der Waals surface area contributed by atoms with Crippen LogP contribution >= 0.6 is 12.6 Å². The Labute approximate surface area is 258 Å². The van der Waals surface area contributed by atoms with Gasteiger partial charge in [-0.15, -0.1) is 0 Å². The van der Waals surface area contributed by atoms with E-state index in [-0.39, 0.29) is 24.5 Å². The van der Waals surface area contributed by atoms with Crippen LogP contribution in [0.1, 0.15) is 51.5 Å². The van der Waals surface area contributed by atoms with Crippen LogP contribution in [0.3, 0.4) is 0 Å². The topological polar surface area (TPSA) is 206 Å². The highest BCUT2D eigenvalue weighted by atomic mass is 32.1. The molecule has 0 aliphatic carbocycles. The summed E-state index contributed by atoms with van der Waals surface area (Å²) in [5, 5.41) is 10.6. The lowest BCUT2D eigenvalue weighted by molar-refractivity contribution is -0.140. The number of rotatable bonds is 17. The summed E-state index contributed by atoms with van der Waals surface area (Å²) >= 11 is 4.07. The molecule has 1 aromatic rings. The van der Waals surface area contributed by atoms with Gasteiger partial charge in [-0.2, -0.15) is 12.6 Å². The summed E-state index contributed by atoms with van der Waals surface area (Å²) in [5.41, 5.74) is 12.1. The van der Waals surface area contributed by atoms with Crippen molar-refractivity contribution in [2.24, 2.45) is 11.5 Å². The van der Waals surface area contributed by atoms with Gasteiger partial charge in [0, 0.05) is 18.7 Å². The first kappa shape index (κ1) is 35.7. The summed E-state index contributed by atoms with van der Waals surface area (Å²) in [6.07, 6.45) is 3.16. The Morgan fingerprint density at radius 1 is 0.977 bits per heavy atom. The summed E-state index contributed by atoms with van der Waals surface area (Å²) in [7, 11) is 0. The van der Waals surface area contributed by atoms with Crippen molar-refractivity contribution in [2.75, 3.05) is 18.8 Å². The van der Waals surface area contributed by atoms with Crippen LogP contribution in [0.25, 0.3) is 0 Å². The van der Waals surface area contributed by atoms with Crippen LogP contribution < -0.4 is 32.7 Å². The third-order valence-electron chi connectivity index (χ3n) is 7.16. The Kier molecular flexibility index (Phi) is 15.1. The molecule has 1 aromatic carbocycles. The molecule has 1 heterocycles. The van der Waals surface area contributed by atoms with Gasteiger partial charge in [-0.25, -0.2) is 0 Å². The lowest BCUT2D eigenvalue weighted by atomic mass is 10.0. The van der Waals surface area contributed by atoms with Crippen molar-refractivity contribution >= 4 is 48.5 Å². The van der Waals surface area contributed by atoms with Gasteiger partial charge in [0.05, 0.1) is 12.1 Å². The fourth-order valence-corrected chi connectivity index (χ4v) is 4.91. The predicted molar refractivity (Wildman–Crippen MR) is 165 cm³/mol. The molecule has 0 unspecified atom stereocenters. The third kappa shape index (κ3) is 11.3. The first-order valence-electron chi connectivity index (χ1n) is 14.6. The molecule has 5 amide bonds. The van der Waals surface area contributed by atoms with Crippen LogP contribution in [0.4, 0.5) is 0 Å². The Morgan fingerprint density at radius 3 is 2.23 bits per heavy atom. The van der Waals surface area contributed by atoms with E-state index in [2.05, 4.69) is 33.9 Å². The maximum atomic E-state index is 13.5. The number of unbranched alkanes of at least 4 members (excludes halogenated alkanes) is 1. The van der Waals surface area contributed by atoms with E-state index in [1.165, 1.54) is 11.8 Å². The molecule has 14 heteroatoms. The summed E-state index contributed by atoms with van der Waals surface area (Å²) in [6, 6.07) is 3.63. The van der Waals surface area contributed by atoms with Crippen molar-refractivity contribution in [1.82, 2.24) is 26.2 Å². The highest BCUT2D eigenvalue weighted by Gasteiger charge is 2.36. The number of likely N-dealkylation sites (tertiary alicyclic amines) is 1. The molecule has 1 saturated heterocycles. The number of amides is 5. The van der Waals surface area contributed by atoms with E-state index >= 15 is 0 Å². The second-order valence-electron chi connectivity index (χ2n) is 10.7. The molecule has 0 saturated carbocycles. The van der Waals surface area contributed by atoms with E-state index in [0.29, 0.717) is 45.1 Å². The normalized spacial score (nSPS) is 18.0. The second-order valence-corrected chi connectivity index (χ2v) is 11.1. The minimum atomic E-state index is -1.04. The summed E-state index contributed by atoms with van der Waals surface area (Å²) in [6.45, 7) is 3.83. The van der Waals surface area contributed by atoms with Gasteiger partial charge in [-0.05, 0) is 58.1 Å². The van der Waals surface area contributed by atoms with E-state index < -0.39 is 59.9 Å². The standard InChI is InChI=1S/C29H45N7O6S/c1-18(31)29(42)36-14-8-12-24(36)28(41)32-19(2)25(38)34-22(11-6-7-13-30)26(39)35-23(15-20-9-4-3-5-10-20)27(40)33-21(16-37)17-43/h3-5,9-10,16,18-19,21-24,43H,6-8,11-15,17,30-31H2,1-2H3,(H,32,41)(H,33,40)(H,34,38)(H,35,39)/t18-,19-,21+,22-,23-,24-/m0/s1. The number of benzene rings is 1. The van der Waals surface area contributed by atoms with Gasteiger partial charge in [-0.3, -0.25) is 24.0 Å². The van der Waals surface area contributed by atoms with E-state index in [9.17, 15) is 28.8 Å². The monoisotopic (exact) mass is 619 g/mol. The Balaban J connectivity index is 2.14. The summed E-state index contributed by atoms with van der Waals surface area (Å²) < 4.78 is 0. The lowest BCUT2D eigenvalue weighted by Crippen LogP contribution is -2.58. The molecule has 238 valence electrons. The quantitative estimate of drug-likeness (QED) is 0.0638.